The molecule has 3 aromatic rings. The number of hydrogen-bond donors (Lipinski definition) is 2. The van der Waals surface area contributed by atoms with E-state index >= 15 is 0 Å². The summed E-state index contributed by atoms with van der Waals surface area (Å²) in [7, 11) is 1.70. The van der Waals surface area contributed by atoms with E-state index in [4.69, 9.17) is 16.3 Å². The number of aryl methyl sites for hydroxylation is 1. The molecular weight excluding hydrogens is 332 g/mol. The average Bonchev–Trinajstić information content (AvgIpc) is 3.01. The number of hydrogen-bond acceptors (Lipinski definition) is 2. The highest BCUT2D eigenvalue weighted by molar-refractivity contribution is 6.31. The number of ether oxygens (including phenoxy) is 1. The van der Waals surface area contributed by atoms with E-state index in [2.05, 4.69) is 41.5 Å². The van der Waals surface area contributed by atoms with Crippen molar-refractivity contribution < 1.29 is 4.74 Å². The zero-order valence-electron chi connectivity index (χ0n) is 14.6. The number of aromatic amines is 1. The van der Waals surface area contributed by atoms with Gasteiger partial charge in [0.1, 0.15) is 5.75 Å². The Bertz CT molecular complexity index is 885. The number of halogens is 1. The fourth-order valence-electron chi connectivity index (χ4n) is 3.89. The standard InChI is InChI=1S/C21H23ClN2O/c1-13(14-6-9-16(25-2)10-7-14)23-20-5-3-4-17-18-12-15(22)8-11-19(18)24-21(17)20/h6-13,20,23-24H,3-5H2,1-2H3/t13-,20-/m1/s1. The normalized spacial score (nSPS) is 18.1. The van der Waals surface area contributed by atoms with Crippen LogP contribution in [0, 0.1) is 0 Å². The summed E-state index contributed by atoms with van der Waals surface area (Å²) in [5.41, 5.74) is 5.19. The Hall–Kier alpha value is -1.97. The van der Waals surface area contributed by atoms with Crippen LogP contribution in [0.1, 0.15) is 48.7 Å². The van der Waals surface area contributed by atoms with Crippen LogP contribution in [-0.2, 0) is 6.42 Å². The molecule has 1 aliphatic carbocycles. The molecule has 3 nitrogen and oxygen atoms in total. The summed E-state index contributed by atoms with van der Waals surface area (Å²) < 4.78 is 5.25. The van der Waals surface area contributed by atoms with Gasteiger partial charge < -0.3 is 15.0 Å². The van der Waals surface area contributed by atoms with Crippen molar-refractivity contribution in [1.82, 2.24) is 10.3 Å². The molecule has 0 amide bonds. The van der Waals surface area contributed by atoms with Crippen molar-refractivity contribution in [2.75, 3.05) is 7.11 Å². The van der Waals surface area contributed by atoms with Crippen LogP contribution in [0.3, 0.4) is 0 Å². The second kappa shape index (κ2) is 6.74. The van der Waals surface area contributed by atoms with Crippen LogP contribution < -0.4 is 10.1 Å². The third kappa shape index (κ3) is 3.14. The molecule has 4 heteroatoms. The monoisotopic (exact) mass is 354 g/mol. The van der Waals surface area contributed by atoms with Gasteiger partial charge in [0, 0.05) is 33.7 Å². The average molecular weight is 355 g/mol. The largest absolute Gasteiger partial charge is 0.497 e. The highest BCUT2D eigenvalue weighted by Crippen LogP contribution is 2.37. The smallest absolute Gasteiger partial charge is 0.118 e. The van der Waals surface area contributed by atoms with E-state index in [9.17, 15) is 0 Å². The number of methoxy groups -OCH3 is 1. The summed E-state index contributed by atoms with van der Waals surface area (Å²) >= 11 is 6.20. The predicted molar refractivity (Wildman–Crippen MR) is 104 cm³/mol. The molecule has 0 saturated carbocycles. The molecule has 25 heavy (non-hydrogen) atoms. The summed E-state index contributed by atoms with van der Waals surface area (Å²) in [6.07, 6.45) is 3.46. The van der Waals surface area contributed by atoms with E-state index in [1.165, 1.54) is 34.1 Å². The summed E-state index contributed by atoms with van der Waals surface area (Å²) in [6, 6.07) is 15.0. The summed E-state index contributed by atoms with van der Waals surface area (Å²) in [5, 5.41) is 5.87. The topological polar surface area (TPSA) is 37.0 Å². The summed E-state index contributed by atoms with van der Waals surface area (Å²) in [4.78, 5) is 3.63. The molecule has 0 spiro atoms. The highest BCUT2D eigenvalue weighted by atomic mass is 35.5. The van der Waals surface area contributed by atoms with Gasteiger partial charge in [-0.05, 0) is 67.6 Å². The molecule has 130 valence electrons. The van der Waals surface area contributed by atoms with Crippen molar-refractivity contribution >= 4 is 22.5 Å². The maximum Gasteiger partial charge on any atom is 0.118 e. The molecule has 0 unspecified atom stereocenters. The van der Waals surface area contributed by atoms with Crippen LogP contribution in [0.15, 0.2) is 42.5 Å². The first-order valence-corrected chi connectivity index (χ1v) is 9.23. The predicted octanol–water partition coefficient (Wildman–Crippen LogP) is 5.56. The summed E-state index contributed by atoms with van der Waals surface area (Å²) in [6.45, 7) is 2.22. The minimum atomic E-state index is 0.275. The van der Waals surface area contributed by atoms with E-state index in [1.807, 2.05) is 18.2 Å². The van der Waals surface area contributed by atoms with Crippen LogP contribution in [-0.4, -0.2) is 12.1 Å². The lowest BCUT2D eigenvalue weighted by molar-refractivity contribution is 0.406. The van der Waals surface area contributed by atoms with Gasteiger partial charge in [-0.3, -0.25) is 0 Å². The quantitative estimate of drug-likeness (QED) is 0.643. The first-order chi connectivity index (χ1) is 12.2. The van der Waals surface area contributed by atoms with Gasteiger partial charge in [-0.1, -0.05) is 23.7 Å². The molecule has 1 aromatic heterocycles. The van der Waals surface area contributed by atoms with E-state index in [-0.39, 0.29) is 6.04 Å². The van der Waals surface area contributed by atoms with E-state index in [1.54, 1.807) is 7.11 Å². The minimum Gasteiger partial charge on any atom is -0.497 e. The number of nitrogens with one attached hydrogen (secondary N) is 2. The second-order valence-corrected chi connectivity index (χ2v) is 7.25. The van der Waals surface area contributed by atoms with Crippen molar-refractivity contribution in [3.63, 3.8) is 0 Å². The van der Waals surface area contributed by atoms with Crippen molar-refractivity contribution in [2.24, 2.45) is 0 Å². The van der Waals surface area contributed by atoms with Gasteiger partial charge in [0.15, 0.2) is 0 Å². The van der Waals surface area contributed by atoms with Crippen LogP contribution in [0.2, 0.25) is 5.02 Å². The van der Waals surface area contributed by atoms with Gasteiger partial charge in [0.2, 0.25) is 0 Å². The van der Waals surface area contributed by atoms with E-state index in [0.717, 1.165) is 23.6 Å². The Kier molecular flexibility index (Phi) is 4.45. The molecular formula is C21H23ClN2O. The van der Waals surface area contributed by atoms with Crippen LogP contribution >= 0.6 is 11.6 Å². The molecule has 2 aromatic carbocycles. The number of rotatable bonds is 4. The number of fused-ring (bicyclic) bond motifs is 3. The van der Waals surface area contributed by atoms with Crippen LogP contribution in [0.25, 0.3) is 10.9 Å². The molecule has 2 N–H and O–H groups in total. The molecule has 4 rings (SSSR count). The zero-order chi connectivity index (χ0) is 17.4. The Morgan fingerprint density at radius 2 is 2.00 bits per heavy atom. The first-order valence-electron chi connectivity index (χ1n) is 8.85. The SMILES string of the molecule is COc1ccc([C@@H](C)N[C@@H]2CCCc3c2[nH]c2ccc(Cl)cc32)cc1. The second-order valence-electron chi connectivity index (χ2n) is 6.81. The molecule has 0 radical (unpaired) electrons. The molecule has 0 aliphatic heterocycles. The molecule has 2 atom stereocenters. The lowest BCUT2D eigenvalue weighted by Gasteiger charge is -2.27. The maximum atomic E-state index is 6.20. The van der Waals surface area contributed by atoms with Gasteiger partial charge in [0.05, 0.1) is 7.11 Å². The molecule has 0 saturated heterocycles. The van der Waals surface area contributed by atoms with Gasteiger partial charge in [-0.2, -0.15) is 0 Å². The third-order valence-electron chi connectivity index (χ3n) is 5.24. The molecule has 1 heterocycles. The van der Waals surface area contributed by atoms with Gasteiger partial charge in [0.25, 0.3) is 0 Å². The molecule has 1 aliphatic rings. The Balaban J connectivity index is 1.61. The lowest BCUT2D eigenvalue weighted by Crippen LogP contribution is -2.27. The van der Waals surface area contributed by atoms with Crippen LogP contribution in [0.5, 0.6) is 5.75 Å². The Morgan fingerprint density at radius 3 is 2.76 bits per heavy atom. The van der Waals surface area contributed by atoms with Crippen LogP contribution in [0.4, 0.5) is 0 Å². The third-order valence-corrected chi connectivity index (χ3v) is 5.47. The minimum absolute atomic E-state index is 0.275. The van der Waals surface area contributed by atoms with Gasteiger partial charge in [-0.25, -0.2) is 0 Å². The maximum absolute atomic E-state index is 6.20. The number of aromatic nitrogens is 1. The van der Waals surface area contributed by atoms with Crippen molar-refractivity contribution in [1.29, 1.82) is 0 Å². The number of benzene rings is 2. The van der Waals surface area contributed by atoms with Gasteiger partial charge >= 0.3 is 0 Å². The van der Waals surface area contributed by atoms with Gasteiger partial charge in [-0.15, -0.1) is 0 Å². The van der Waals surface area contributed by atoms with Crippen molar-refractivity contribution in [3.05, 3.63) is 64.3 Å². The molecule has 0 bridgehead atoms. The Labute approximate surface area is 153 Å². The van der Waals surface area contributed by atoms with Crippen molar-refractivity contribution in [2.45, 2.75) is 38.3 Å². The zero-order valence-corrected chi connectivity index (χ0v) is 15.4. The first kappa shape index (κ1) is 16.5. The van der Waals surface area contributed by atoms with E-state index in [0.29, 0.717) is 6.04 Å². The lowest BCUT2D eigenvalue weighted by atomic mass is 9.91. The van der Waals surface area contributed by atoms with E-state index < -0.39 is 0 Å². The highest BCUT2D eigenvalue weighted by Gasteiger charge is 2.25. The Morgan fingerprint density at radius 1 is 1.20 bits per heavy atom. The fourth-order valence-corrected chi connectivity index (χ4v) is 4.06. The number of H-pyrrole nitrogens is 1. The van der Waals surface area contributed by atoms with Crippen molar-refractivity contribution in [3.8, 4) is 5.75 Å². The summed E-state index contributed by atoms with van der Waals surface area (Å²) in [5.74, 6) is 0.892. The fraction of sp³-hybridized carbons (Fsp3) is 0.333. The molecule has 0 fully saturated rings.